The van der Waals surface area contributed by atoms with Gasteiger partial charge in [0.25, 0.3) is 0 Å². The Morgan fingerprint density at radius 1 is 0.810 bits per heavy atom. The summed E-state index contributed by atoms with van der Waals surface area (Å²) >= 11 is 0. The smallest absolute Gasteiger partial charge is 0.115 e. The molecule has 0 amide bonds. The van der Waals surface area contributed by atoms with E-state index in [2.05, 4.69) is 45.0 Å². The summed E-state index contributed by atoms with van der Waals surface area (Å²) in [5, 5.41) is 9.31. The molecule has 0 saturated carbocycles. The Hall–Kier alpha value is -1.76. The zero-order valence-corrected chi connectivity index (χ0v) is 13.9. The molecule has 0 aliphatic carbocycles. The lowest BCUT2D eigenvalue weighted by molar-refractivity contribution is 0.475. The van der Waals surface area contributed by atoms with Gasteiger partial charge in [0.05, 0.1) is 0 Å². The van der Waals surface area contributed by atoms with E-state index in [4.69, 9.17) is 0 Å². The Balaban J connectivity index is 0.00000106. The van der Waals surface area contributed by atoms with Gasteiger partial charge in [-0.25, -0.2) is 0 Å². The van der Waals surface area contributed by atoms with Crippen LogP contribution in [0.5, 0.6) is 5.75 Å². The van der Waals surface area contributed by atoms with Gasteiger partial charge in [-0.15, -0.1) is 0 Å². The Kier molecular flexibility index (Phi) is 7.01. The first-order chi connectivity index (χ1) is 10.1. The van der Waals surface area contributed by atoms with Gasteiger partial charge in [0, 0.05) is 0 Å². The molecule has 2 aromatic rings. The van der Waals surface area contributed by atoms with Crippen molar-refractivity contribution in [3.63, 3.8) is 0 Å². The van der Waals surface area contributed by atoms with Gasteiger partial charge >= 0.3 is 0 Å². The zero-order chi connectivity index (χ0) is 15.8. The summed E-state index contributed by atoms with van der Waals surface area (Å²) in [6.45, 7) is 10.8. The minimum atomic E-state index is 0.311. The molecule has 0 aliphatic rings. The largest absolute Gasteiger partial charge is 0.508 e. The zero-order valence-electron chi connectivity index (χ0n) is 13.9. The van der Waals surface area contributed by atoms with E-state index in [1.807, 2.05) is 26.0 Å². The highest BCUT2D eigenvalue weighted by Crippen LogP contribution is 2.30. The second-order valence-corrected chi connectivity index (χ2v) is 5.43. The molecule has 0 radical (unpaired) electrons. The molecule has 1 atom stereocenters. The summed E-state index contributed by atoms with van der Waals surface area (Å²) in [4.78, 5) is 0. The van der Waals surface area contributed by atoms with Gasteiger partial charge in [-0.3, -0.25) is 0 Å². The quantitative estimate of drug-likeness (QED) is 0.705. The lowest BCUT2D eigenvalue weighted by Gasteiger charge is -2.19. The molecule has 1 nitrogen and oxygen atoms in total. The van der Waals surface area contributed by atoms with Crippen molar-refractivity contribution >= 4 is 0 Å². The predicted octanol–water partition coefficient (Wildman–Crippen LogP) is 6.24. The molecule has 0 heterocycles. The van der Waals surface area contributed by atoms with Gasteiger partial charge in [-0.05, 0) is 47.1 Å². The van der Waals surface area contributed by atoms with E-state index in [0.717, 1.165) is 5.56 Å². The number of hydrogen-bond acceptors (Lipinski definition) is 1. The minimum Gasteiger partial charge on any atom is -0.508 e. The Morgan fingerprint density at radius 2 is 1.24 bits per heavy atom. The number of aromatic hydroxyl groups is 1. The molecule has 0 fully saturated rings. The molecular formula is C20H28O. The maximum absolute atomic E-state index is 9.31. The van der Waals surface area contributed by atoms with Crippen LogP contribution in [-0.2, 0) is 0 Å². The number of phenols is 1. The summed E-state index contributed by atoms with van der Waals surface area (Å²) in [7, 11) is 0. The van der Waals surface area contributed by atoms with Gasteiger partial charge in [0.15, 0.2) is 0 Å². The van der Waals surface area contributed by atoms with Crippen molar-refractivity contribution < 1.29 is 5.11 Å². The SMILES string of the molecule is CC.CCC(c1ccc(-c2ccc(O)cc2)cc1)C(C)C. The van der Waals surface area contributed by atoms with Crippen LogP contribution in [-0.4, -0.2) is 5.11 Å². The predicted molar refractivity (Wildman–Crippen MR) is 92.8 cm³/mol. The highest BCUT2D eigenvalue weighted by atomic mass is 16.3. The van der Waals surface area contributed by atoms with Crippen LogP contribution in [0.25, 0.3) is 11.1 Å². The van der Waals surface area contributed by atoms with Crippen LogP contribution >= 0.6 is 0 Å². The van der Waals surface area contributed by atoms with Crippen molar-refractivity contribution in [2.24, 2.45) is 5.92 Å². The molecule has 0 aliphatic heterocycles. The average Bonchev–Trinajstić information content (AvgIpc) is 2.51. The second-order valence-electron chi connectivity index (χ2n) is 5.43. The van der Waals surface area contributed by atoms with Crippen molar-refractivity contribution in [2.75, 3.05) is 0 Å². The number of benzene rings is 2. The summed E-state index contributed by atoms with van der Waals surface area (Å²) < 4.78 is 0. The molecule has 2 aromatic carbocycles. The lowest BCUT2D eigenvalue weighted by atomic mass is 9.86. The molecule has 0 aromatic heterocycles. The van der Waals surface area contributed by atoms with E-state index in [1.165, 1.54) is 17.5 Å². The topological polar surface area (TPSA) is 20.2 Å². The van der Waals surface area contributed by atoms with Gasteiger partial charge < -0.3 is 5.11 Å². The van der Waals surface area contributed by atoms with Crippen LogP contribution in [0, 0.1) is 5.92 Å². The molecule has 21 heavy (non-hydrogen) atoms. The number of phenolic OH excluding ortho intramolecular Hbond substituents is 1. The van der Waals surface area contributed by atoms with E-state index in [9.17, 15) is 5.11 Å². The van der Waals surface area contributed by atoms with E-state index in [-0.39, 0.29) is 0 Å². The van der Waals surface area contributed by atoms with Gasteiger partial charge in [-0.1, -0.05) is 71.0 Å². The van der Waals surface area contributed by atoms with Gasteiger partial charge in [0.2, 0.25) is 0 Å². The Morgan fingerprint density at radius 3 is 1.62 bits per heavy atom. The molecule has 114 valence electrons. The highest BCUT2D eigenvalue weighted by Gasteiger charge is 2.13. The number of rotatable bonds is 4. The molecule has 1 heteroatoms. The van der Waals surface area contributed by atoms with E-state index >= 15 is 0 Å². The molecule has 0 saturated heterocycles. The van der Waals surface area contributed by atoms with Crippen LogP contribution < -0.4 is 0 Å². The van der Waals surface area contributed by atoms with Gasteiger partial charge in [0.1, 0.15) is 5.75 Å². The number of hydrogen-bond donors (Lipinski definition) is 1. The third-order valence-electron chi connectivity index (χ3n) is 3.78. The van der Waals surface area contributed by atoms with Crippen molar-refractivity contribution in [1.82, 2.24) is 0 Å². The van der Waals surface area contributed by atoms with Crippen LogP contribution in [0.15, 0.2) is 48.5 Å². The fourth-order valence-corrected chi connectivity index (χ4v) is 2.67. The molecule has 1 unspecified atom stereocenters. The van der Waals surface area contributed by atoms with Crippen LogP contribution in [0.1, 0.15) is 52.5 Å². The van der Waals surface area contributed by atoms with Crippen LogP contribution in [0.3, 0.4) is 0 Å². The monoisotopic (exact) mass is 284 g/mol. The fourth-order valence-electron chi connectivity index (χ4n) is 2.67. The summed E-state index contributed by atoms with van der Waals surface area (Å²) in [5.74, 6) is 1.62. The Labute approximate surface area is 129 Å². The van der Waals surface area contributed by atoms with E-state index in [0.29, 0.717) is 17.6 Å². The first kappa shape index (κ1) is 17.3. The third kappa shape index (κ3) is 4.63. The maximum atomic E-state index is 9.31. The van der Waals surface area contributed by atoms with Crippen LogP contribution in [0.4, 0.5) is 0 Å². The molecule has 0 spiro atoms. The highest BCUT2D eigenvalue weighted by molar-refractivity contribution is 5.64. The lowest BCUT2D eigenvalue weighted by Crippen LogP contribution is -2.05. The third-order valence-corrected chi connectivity index (χ3v) is 3.78. The summed E-state index contributed by atoms with van der Waals surface area (Å²) in [6, 6.07) is 16.2. The molecule has 2 rings (SSSR count). The van der Waals surface area contributed by atoms with Crippen LogP contribution in [0.2, 0.25) is 0 Å². The first-order valence-electron chi connectivity index (χ1n) is 8.01. The fraction of sp³-hybridized carbons (Fsp3) is 0.400. The minimum absolute atomic E-state index is 0.311. The van der Waals surface area contributed by atoms with Crippen molar-refractivity contribution in [3.8, 4) is 16.9 Å². The van der Waals surface area contributed by atoms with E-state index in [1.54, 1.807) is 12.1 Å². The average molecular weight is 284 g/mol. The van der Waals surface area contributed by atoms with Crippen molar-refractivity contribution in [2.45, 2.75) is 47.0 Å². The first-order valence-corrected chi connectivity index (χ1v) is 8.01. The van der Waals surface area contributed by atoms with Crippen molar-refractivity contribution in [3.05, 3.63) is 54.1 Å². The molecular weight excluding hydrogens is 256 g/mol. The Bertz CT molecular complexity index is 509. The van der Waals surface area contributed by atoms with Crippen molar-refractivity contribution in [1.29, 1.82) is 0 Å². The van der Waals surface area contributed by atoms with Gasteiger partial charge in [-0.2, -0.15) is 0 Å². The summed E-state index contributed by atoms with van der Waals surface area (Å²) in [5.41, 5.74) is 3.75. The normalized spacial score (nSPS) is 11.7. The maximum Gasteiger partial charge on any atom is 0.115 e. The standard InChI is InChI=1S/C18H22O.C2H6/c1-4-18(13(2)3)16-7-5-14(6-8-16)15-9-11-17(19)12-10-15;1-2/h5-13,18-19H,4H2,1-3H3;1-2H3. The second kappa shape index (κ2) is 8.51. The molecule has 1 N–H and O–H groups in total. The van der Waals surface area contributed by atoms with E-state index < -0.39 is 0 Å². The summed E-state index contributed by atoms with van der Waals surface area (Å²) in [6.07, 6.45) is 1.18. The molecule has 0 bridgehead atoms.